The number of fused-ring (bicyclic) bond motifs is 1. The number of rotatable bonds is 8. The molecule has 0 saturated carbocycles. The van der Waals surface area contributed by atoms with Crippen molar-refractivity contribution in [2.24, 2.45) is 11.7 Å². The van der Waals surface area contributed by atoms with Gasteiger partial charge in [-0.2, -0.15) is 0 Å². The standard InChI is InChI=1S/C24H30N2O.ClH/c25-14-8-2-1-3-13-23(27)26-16-17-15-22-18-9-4-6-11-20(18)24(17)21-12-7-5-10-19(21)22;/h4-7,9-12,17,22,24H,1-3,8,13-16,25H2,(H,26,27);1H. The zero-order valence-corrected chi connectivity index (χ0v) is 17.2. The highest BCUT2D eigenvalue weighted by Gasteiger charge is 2.42. The van der Waals surface area contributed by atoms with Gasteiger partial charge in [0.1, 0.15) is 0 Å². The van der Waals surface area contributed by atoms with Gasteiger partial charge in [0.15, 0.2) is 0 Å². The molecule has 0 spiro atoms. The van der Waals surface area contributed by atoms with Crippen LogP contribution in [0.25, 0.3) is 0 Å². The van der Waals surface area contributed by atoms with E-state index in [0.29, 0.717) is 24.2 Å². The molecule has 2 aromatic rings. The van der Waals surface area contributed by atoms with Crippen LogP contribution < -0.4 is 11.1 Å². The van der Waals surface area contributed by atoms with Gasteiger partial charge in [0, 0.05) is 24.8 Å². The molecule has 0 aliphatic heterocycles. The lowest BCUT2D eigenvalue weighted by atomic mass is 9.59. The zero-order chi connectivity index (χ0) is 18.6. The number of carbonyl (C=O) groups is 1. The smallest absolute Gasteiger partial charge is 0.220 e. The summed E-state index contributed by atoms with van der Waals surface area (Å²) in [6.07, 6.45) is 6.02. The first-order valence-electron chi connectivity index (χ1n) is 10.4. The molecule has 4 heteroatoms. The summed E-state index contributed by atoms with van der Waals surface area (Å²) in [6, 6.07) is 17.8. The van der Waals surface area contributed by atoms with E-state index in [2.05, 4.69) is 53.8 Å². The topological polar surface area (TPSA) is 55.1 Å². The van der Waals surface area contributed by atoms with Gasteiger partial charge in [0.25, 0.3) is 0 Å². The van der Waals surface area contributed by atoms with Gasteiger partial charge in [-0.15, -0.1) is 12.4 Å². The molecule has 3 N–H and O–H groups in total. The summed E-state index contributed by atoms with van der Waals surface area (Å²) < 4.78 is 0. The summed E-state index contributed by atoms with van der Waals surface area (Å²) in [7, 11) is 0. The number of unbranched alkanes of at least 4 members (excludes halogenated alkanes) is 3. The second-order valence-electron chi connectivity index (χ2n) is 8.04. The van der Waals surface area contributed by atoms with Crippen molar-refractivity contribution < 1.29 is 4.79 Å². The molecular formula is C24H31ClN2O. The average molecular weight is 399 g/mol. The van der Waals surface area contributed by atoms with Gasteiger partial charge >= 0.3 is 0 Å². The molecule has 0 saturated heterocycles. The van der Waals surface area contributed by atoms with Crippen LogP contribution in [0.15, 0.2) is 48.5 Å². The minimum absolute atomic E-state index is 0. The second-order valence-corrected chi connectivity index (χ2v) is 8.04. The highest BCUT2D eigenvalue weighted by atomic mass is 35.5. The SMILES string of the molecule is Cl.NCCCCCCC(=O)NCC1CC2c3ccccc3C1c1ccccc12. The Morgan fingerprint density at radius 3 is 2.07 bits per heavy atom. The Morgan fingerprint density at radius 2 is 1.46 bits per heavy atom. The molecular weight excluding hydrogens is 368 g/mol. The fourth-order valence-electron chi connectivity index (χ4n) is 5.08. The number of benzene rings is 2. The number of nitrogens with one attached hydrogen (secondary N) is 1. The number of carbonyl (C=O) groups excluding carboxylic acids is 1. The molecule has 1 amide bonds. The van der Waals surface area contributed by atoms with Crippen molar-refractivity contribution in [2.75, 3.05) is 13.1 Å². The van der Waals surface area contributed by atoms with Crippen LogP contribution in [0.2, 0.25) is 0 Å². The van der Waals surface area contributed by atoms with Crippen molar-refractivity contribution in [3.63, 3.8) is 0 Å². The molecule has 28 heavy (non-hydrogen) atoms. The van der Waals surface area contributed by atoms with Crippen molar-refractivity contribution in [3.05, 3.63) is 70.8 Å². The van der Waals surface area contributed by atoms with Gasteiger partial charge in [-0.3, -0.25) is 4.79 Å². The molecule has 3 nitrogen and oxygen atoms in total. The van der Waals surface area contributed by atoms with Gasteiger partial charge in [0.2, 0.25) is 5.91 Å². The lowest BCUT2D eigenvalue weighted by molar-refractivity contribution is -0.121. The number of nitrogens with two attached hydrogens (primary N) is 1. The quantitative estimate of drug-likeness (QED) is 0.631. The molecule has 1 atom stereocenters. The van der Waals surface area contributed by atoms with Crippen LogP contribution in [0.5, 0.6) is 0 Å². The molecule has 3 aliphatic rings. The third-order valence-electron chi connectivity index (χ3n) is 6.34. The normalized spacial score (nSPS) is 21.4. The summed E-state index contributed by atoms with van der Waals surface area (Å²) >= 11 is 0. The van der Waals surface area contributed by atoms with Gasteiger partial charge in [-0.1, -0.05) is 61.4 Å². The molecule has 2 bridgehead atoms. The number of halogens is 1. The van der Waals surface area contributed by atoms with Crippen molar-refractivity contribution in [1.82, 2.24) is 5.32 Å². The monoisotopic (exact) mass is 398 g/mol. The van der Waals surface area contributed by atoms with E-state index >= 15 is 0 Å². The van der Waals surface area contributed by atoms with Crippen molar-refractivity contribution in [2.45, 2.75) is 50.4 Å². The van der Waals surface area contributed by atoms with E-state index in [4.69, 9.17) is 5.73 Å². The summed E-state index contributed by atoms with van der Waals surface area (Å²) in [4.78, 5) is 12.3. The average Bonchev–Trinajstić information content (AvgIpc) is 2.72. The largest absolute Gasteiger partial charge is 0.356 e. The fourth-order valence-corrected chi connectivity index (χ4v) is 5.08. The van der Waals surface area contributed by atoms with Gasteiger partial charge in [-0.05, 0) is 54.0 Å². The Labute approximate surface area is 174 Å². The maximum absolute atomic E-state index is 12.3. The van der Waals surface area contributed by atoms with E-state index < -0.39 is 0 Å². The highest BCUT2D eigenvalue weighted by Crippen LogP contribution is 2.55. The second kappa shape index (κ2) is 9.58. The minimum atomic E-state index is 0. The van der Waals surface area contributed by atoms with E-state index in [1.165, 1.54) is 22.3 Å². The van der Waals surface area contributed by atoms with E-state index in [9.17, 15) is 4.79 Å². The number of hydrogen-bond acceptors (Lipinski definition) is 2. The Morgan fingerprint density at radius 1 is 0.893 bits per heavy atom. The first-order valence-corrected chi connectivity index (χ1v) is 10.4. The van der Waals surface area contributed by atoms with Crippen LogP contribution in [0, 0.1) is 5.92 Å². The highest BCUT2D eigenvalue weighted by molar-refractivity contribution is 5.85. The van der Waals surface area contributed by atoms with Crippen LogP contribution in [-0.2, 0) is 4.79 Å². The van der Waals surface area contributed by atoms with Gasteiger partial charge < -0.3 is 11.1 Å². The molecule has 0 radical (unpaired) electrons. The maximum Gasteiger partial charge on any atom is 0.220 e. The number of hydrogen-bond donors (Lipinski definition) is 2. The molecule has 150 valence electrons. The van der Waals surface area contributed by atoms with E-state index in [1.807, 2.05) is 0 Å². The van der Waals surface area contributed by atoms with E-state index in [0.717, 1.165) is 45.2 Å². The van der Waals surface area contributed by atoms with Crippen LogP contribution >= 0.6 is 12.4 Å². The predicted molar refractivity (Wildman–Crippen MR) is 117 cm³/mol. The molecule has 0 fully saturated rings. The van der Waals surface area contributed by atoms with Crippen LogP contribution in [-0.4, -0.2) is 19.0 Å². The van der Waals surface area contributed by atoms with Crippen molar-refractivity contribution in [1.29, 1.82) is 0 Å². The van der Waals surface area contributed by atoms with Crippen LogP contribution in [0.1, 0.15) is 72.6 Å². The lowest BCUT2D eigenvalue weighted by Gasteiger charge is -2.45. The molecule has 0 heterocycles. The molecule has 0 aromatic heterocycles. The van der Waals surface area contributed by atoms with Gasteiger partial charge in [-0.25, -0.2) is 0 Å². The maximum atomic E-state index is 12.3. The third-order valence-corrected chi connectivity index (χ3v) is 6.34. The van der Waals surface area contributed by atoms with Crippen molar-refractivity contribution in [3.8, 4) is 0 Å². The molecule has 5 rings (SSSR count). The van der Waals surface area contributed by atoms with E-state index in [-0.39, 0.29) is 18.3 Å². The summed E-state index contributed by atoms with van der Waals surface area (Å²) in [6.45, 7) is 1.53. The number of amides is 1. The summed E-state index contributed by atoms with van der Waals surface area (Å²) in [5.41, 5.74) is 11.4. The van der Waals surface area contributed by atoms with Crippen LogP contribution in [0.4, 0.5) is 0 Å². The molecule has 3 aliphatic carbocycles. The fraction of sp³-hybridized carbons (Fsp3) is 0.458. The Balaban J connectivity index is 0.00000225. The molecule has 1 unspecified atom stereocenters. The third kappa shape index (κ3) is 4.11. The Hall–Kier alpha value is -1.84. The van der Waals surface area contributed by atoms with Crippen LogP contribution in [0.3, 0.4) is 0 Å². The van der Waals surface area contributed by atoms with E-state index in [1.54, 1.807) is 0 Å². The Kier molecular flexibility index (Phi) is 7.14. The summed E-state index contributed by atoms with van der Waals surface area (Å²) in [5.74, 6) is 1.57. The minimum Gasteiger partial charge on any atom is -0.356 e. The molecule has 2 aromatic carbocycles. The first-order chi connectivity index (χ1) is 13.3. The predicted octanol–water partition coefficient (Wildman–Crippen LogP) is 4.73. The first kappa shape index (κ1) is 20.9. The zero-order valence-electron chi connectivity index (χ0n) is 16.4. The lowest BCUT2D eigenvalue weighted by Crippen LogP contribution is -2.39. The van der Waals surface area contributed by atoms with Crippen molar-refractivity contribution >= 4 is 18.3 Å². The Bertz CT molecular complexity index is 759. The van der Waals surface area contributed by atoms with Gasteiger partial charge in [0.05, 0.1) is 0 Å². The summed E-state index contributed by atoms with van der Waals surface area (Å²) in [5, 5.41) is 3.23.